The fourth-order valence-corrected chi connectivity index (χ4v) is 3.81. The van der Waals surface area contributed by atoms with Crippen LogP contribution in [0, 0.1) is 17.2 Å². The van der Waals surface area contributed by atoms with Crippen LogP contribution in [0.5, 0.6) is 0 Å². The van der Waals surface area contributed by atoms with Crippen LogP contribution in [0.25, 0.3) is 0 Å². The maximum absolute atomic E-state index is 14.4. The lowest BCUT2D eigenvalue weighted by molar-refractivity contribution is 0.0428. The molecule has 0 bridgehead atoms. The van der Waals surface area contributed by atoms with Crippen LogP contribution < -0.4 is 5.32 Å². The minimum Gasteiger partial charge on any atom is -0.316 e. The van der Waals surface area contributed by atoms with Crippen molar-refractivity contribution >= 4 is 11.6 Å². The van der Waals surface area contributed by atoms with Gasteiger partial charge in [-0.2, -0.15) is 0 Å². The maximum Gasteiger partial charge on any atom is 0.128 e. The van der Waals surface area contributed by atoms with Gasteiger partial charge in [0.25, 0.3) is 0 Å². The molecule has 1 fully saturated rings. The van der Waals surface area contributed by atoms with Crippen molar-refractivity contribution in [3.63, 3.8) is 0 Å². The second-order valence-corrected chi connectivity index (χ2v) is 7.93. The summed E-state index contributed by atoms with van der Waals surface area (Å²) in [5, 5.41) is 4.05. The summed E-state index contributed by atoms with van der Waals surface area (Å²) in [6.45, 7) is 10.7. The van der Waals surface area contributed by atoms with Crippen LogP contribution in [0.1, 0.15) is 52.5 Å². The van der Waals surface area contributed by atoms with Crippen molar-refractivity contribution in [2.45, 2.75) is 52.4 Å². The van der Waals surface area contributed by atoms with Gasteiger partial charge in [0.05, 0.1) is 0 Å². The van der Waals surface area contributed by atoms with Crippen LogP contribution in [0.15, 0.2) is 18.2 Å². The smallest absolute Gasteiger partial charge is 0.128 e. The molecule has 1 aromatic rings. The van der Waals surface area contributed by atoms with Gasteiger partial charge < -0.3 is 5.32 Å². The summed E-state index contributed by atoms with van der Waals surface area (Å²) in [5.41, 5.74) is 0.845. The van der Waals surface area contributed by atoms with Crippen molar-refractivity contribution in [3.8, 4) is 0 Å². The average Bonchev–Trinajstić information content (AvgIpc) is 2.32. The predicted molar refractivity (Wildman–Crippen MR) is 88.4 cm³/mol. The molecule has 2 rings (SSSR count). The van der Waals surface area contributed by atoms with Gasteiger partial charge >= 0.3 is 0 Å². The lowest BCUT2D eigenvalue weighted by atomic mass is 9.52. The van der Waals surface area contributed by atoms with Gasteiger partial charge in [0.1, 0.15) is 5.82 Å². The van der Waals surface area contributed by atoms with E-state index in [1.165, 1.54) is 6.07 Å². The Morgan fingerprint density at radius 3 is 2.52 bits per heavy atom. The van der Waals surface area contributed by atoms with Crippen LogP contribution in [0.3, 0.4) is 0 Å². The summed E-state index contributed by atoms with van der Waals surface area (Å²) < 4.78 is 14.4. The fraction of sp³-hybridized carbons (Fsp3) is 0.667. The zero-order valence-electron chi connectivity index (χ0n) is 13.6. The van der Waals surface area contributed by atoms with Crippen LogP contribution in [0.4, 0.5) is 4.39 Å². The second-order valence-electron chi connectivity index (χ2n) is 7.52. The van der Waals surface area contributed by atoms with E-state index in [0.29, 0.717) is 10.9 Å². The van der Waals surface area contributed by atoms with E-state index in [2.05, 4.69) is 33.0 Å². The van der Waals surface area contributed by atoms with Gasteiger partial charge in [-0.15, -0.1) is 0 Å². The van der Waals surface area contributed by atoms with Crippen LogP contribution in [-0.4, -0.2) is 13.1 Å². The molecule has 3 heteroatoms. The number of nitrogens with one attached hydrogen (secondary N) is 1. The Bertz CT molecular complexity index is 466. The molecule has 0 aliphatic heterocycles. The maximum atomic E-state index is 14.4. The summed E-state index contributed by atoms with van der Waals surface area (Å²) in [6.07, 6.45) is 3.10. The van der Waals surface area contributed by atoms with Gasteiger partial charge in [-0.1, -0.05) is 45.4 Å². The standard InChI is InChI=1S/C18H27ClFN/c1-5-9-21-12-18(10-13(11-18)17(2,3)4)16-14(19)7-6-8-15(16)20/h6-8,13,21H,5,9-12H2,1-4H3. The normalized spacial score (nSPS) is 25.7. The molecule has 0 radical (unpaired) electrons. The van der Waals surface area contributed by atoms with E-state index >= 15 is 0 Å². The van der Waals surface area contributed by atoms with Gasteiger partial charge in [-0.3, -0.25) is 0 Å². The number of hydrogen-bond acceptors (Lipinski definition) is 1. The van der Waals surface area contributed by atoms with Crippen molar-refractivity contribution in [3.05, 3.63) is 34.6 Å². The highest BCUT2D eigenvalue weighted by atomic mass is 35.5. The third-order valence-electron chi connectivity index (χ3n) is 4.88. The summed E-state index contributed by atoms with van der Waals surface area (Å²) in [6, 6.07) is 5.04. The van der Waals surface area contributed by atoms with E-state index in [1.54, 1.807) is 6.07 Å². The molecule has 21 heavy (non-hydrogen) atoms. The minimum absolute atomic E-state index is 0.143. The van der Waals surface area contributed by atoms with E-state index < -0.39 is 0 Å². The molecular formula is C18H27ClFN. The van der Waals surface area contributed by atoms with Crippen LogP contribution in [0.2, 0.25) is 5.02 Å². The van der Waals surface area contributed by atoms with Crippen molar-refractivity contribution in [1.29, 1.82) is 0 Å². The van der Waals surface area contributed by atoms with Crippen molar-refractivity contribution in [1.82, 2.24) is 5.32 Å². The first-order valence-corrected chi connectivity index (χ1v) is 8.33. The van der Waals surface area contributed by atoms with E-state index in [-0.39, 0.29) is 16.6 Å². The Morgan fingerprint density at radius 2 is 2.00 bits per heavy atom. The van der Waals surface area contributed by atoms with Crippen molar-refractivity contribution in [2.75, 3.05) is 13.1 Å². The number of hydrogen-bond donors (Lipinski definition) is 1. The third kappa shape index (κ3) is 3.43. The Hall–Kier alpha value is -0.600. The summed E-state index contributed by atoms with van der Waals surface area (Å²) in [4.78, 5) is 0. The zero-order valence-corrected chi connectivity index (χ0v) is 14.4. The molecule has 0 heterocycles. The highest BCUT2D eigenvalue weighted by molar-refractivity contribution is 6.31. The summed E-state index contributed by atoms with van der Waals surface area (Å²) in [7, 11) is 0. The van der Waals surface area contributed by atoms with Gasteiger partial charge in [-0.25, -0.2) is 4.39 Å². The van der Waals surface area contributed by atoms with Gasteiger partial charge in [0.2, 0.25) is 0 Å². The van der Waals surface area contributed by atoms with Gasteiger partial charge in [0, 0.05) is 22.5 Å². The van der Waals surface area contributed by atoms with Crippen molar-refractivity contribution in [2.24, 2.45) is 11.3 Å². The first-order valence-electron chi connectivity index (χ1n) is 7.95. The molecule has 1 nitrogen and oxygen atoms in total. The largest absolute Gasteiger partial charge is 0.316 e. The average molecular weight is 312 g/mol. The molecule has 1 aliphatic carbocycles. The number of halogens is 2. The summed E-state index contributed by atoms with van der Waals surface area (Å²) >= 11 is 6.33. The molecule has 1 aromatic carbocycles. The Kier molecular flexibility index (Phi) is 4.99. The number of benzene rings is 1. The third-order valence-corrected chi connectivity index (χ3v) is 5.20. The van der Waals surface area contributed by atoms with Crippen molar-refractivity contribution < 1.29 is 4.39 Å². The molecule has 0 atom stereocenters. The van der Waals surface area contributed by atoms with E-state index in [4.69, 9.17) is 11.6 Å². The molecule has 0 amide bonds. The minimum atomic E-state index is -0.159. The van der Waals surface area contributed by atoms with E-state index in [0.717, 1.165) is 37.9 Å². The highest BCUT2D eigenvalue weighted by Crippen LogP contribution is 2.55. The first kappa shape index (κ1) is 16.8. The molecule has 118 valence electrons. The lowest BCUT2D eigenvalue weighted by Gasteiger charge is -2.53. The van der Waals surface area contributed by atoms with E-state index in [1.807, 2.05) is 6.07 Å². The first-order chi connectivity index (χ1) is 9.80. The second kappa shape index (κ2) is 6.26. The van der Waals surface area contributed by atoms with Gasteiger partial charge in [0.15, 0.2) is 0 Å². The van der Waals surface area contributed by atoms with Crippen LogP contribution in [-0.2, 0) is 5.41 Å². The van der Waals surface area contributed by atoms with Crippen LogP contribution >= 0.6 is 11.6 Å². The molecule has 1 aliphatic rings. The highest BCUT2D eigenvalue weighted by Gasteiger charge is 2.50. The molecule has 1 saturated carbocycles. The molecule has 0 aromatic heterocycles. The Morgan fingerprint density at radius 1 is 1.33 bits per heavy atom. The topological polar surface area (TPSA) is 12.0 Å². The zero-order chi connectivity index (χ0) is 15.7. The SMILES string of the molecule is CCCNCC1(c2c(F)cccc2Cl)CC(C(C)(C)C)C1. The number of rotatable bonds is 5. The van der Waals surface area contributed by atoms with E-state index in [9.17, 15) is 4.39 Å². The van der Waals surface area contributed by atoms with Gasteiger partial charge in [-0.05, 0) is 49.3 Å². The quantitative estimate of drug-likeness (QED) is 0.739. The molecule has 0 spiro atoms. The molecule has 0 saturated heterocycles. The molecule has 0 unspecified atom stereocenters. The molecular weight excluding hydrogens is 285 g/mol. The Labute approximate surface area is 133 Å². The fourth-order valence-electron chi connectivity index (χ4n) is 3.44. The monoisotopic (exact) mass is 311 g/mol. The predicted octanol–water partition coefficient (Wildman–Crippen LogP) is 5.17. The lowest BCUT2D eigenvalue weighted by Crippen LogP contribution is -2.52. The summed E-state index contributed by atoms with van der Waals surface area (Å²) in [5.74, 6) is 0.463. The Balaban J connectivity index is 2.26. The molecule has 1 N–H and O–H groups in total.